The summed E-state index contributed by atoms with van der Waals surface area (Å²) in [5.74, 6) is -0.910. The van der Waals surface area contributed by atoms with Gasteiger partial charge in [-0.25, -0.2) is 0 Å². The number of halogens is 3. The van der Waals surface area contributed by atoms with Gasteiger partial charge >= 0.3 is 6.36 Å². The second-order valence-corrected chi connectivity index (χ2v) is 5.24. The number of fused-ring (bicyclic) bond motifs is 1. The van der Waals surface area contributed by atoms with Crippen molar-refractivity contribution in [3.63, 3.8) is 0 Å². The number of ketones is 1. The number of rotatable bonds is 3. The molecule has 0 saturated carbocycles. The van der Waals surface area contributed by atoms with Gasteiger partial charge in [-0.1, -0.05) is 36.4 Å². The molecule has 0 amide bonds. The van der Waals surface area contributed by atoms with Crippen LogP contribution in [0.15, 0.2) is 48.5 Å². The summed E-state index contributed by atoms with van der Waals surface area (Å²) in [6.45, 7) is 0.593. The average Bonchev–Trinajstić information content (AvgIpc) is 2.53. The van der Waals surface area contributed by atoms with E-state index in [2.05, 4.69) is 10.1 Å². The van der Waals surface area contributed by atoms with Crippen LogP contribution in [0.25, 0.3) is 0 Å². The molecule has 0 saturated heterocycles. The first-order chi connectivity index (χ1) is 11.0. The molecule has 23 heavy (non-hydrogen) atoms. The first-order valence-corrected chi connectivity index (χ1v) is 7.16. The Balaban J connectivity index is 1.96. The van der Waals surface area contributed by atoms with Crippen molar-refractivity contribution >= 4 is 5.78 Å². The lowest BCUT2D eigenvalue weighted by Gasteiger charge is -2.26. The summed E-state index contributed by atoms with van der Waals surface area (Å²) in [5, 5.41) is 3.08. The minimum atomic E-state index is -4.84. The predicted molar refractivity (Wildman–Crippen MR) is 78.3 cm³/mol. The molecular weight excluding hydrogens is 307 g/mol. The SMILES string of the molecule is O=C(c1ccccc1OC(F)(F)F)C1NCCc2ccccc21. The van der Waals surface area contributed by atoms with Crippen LogP contribution in [0.5, 0.6) is 5.75 Å². The van der Waals surface area contributed by atoms with E-state index in [4.69, 9.17) is 0 Å². The smallest absolute Gasteiger partial charge is 0.405 e. The van der Waals surface area contributed by atoms with Crippen molar-refractivity contribution in [1.29, 1.82) is 0 Å². The van der Waals surface area contributed by atoms with Gasteiger partial charge in [-0.15, -0.1) is 13.2 Å². The Hall–Kier alpha value is -2.34. The second kappa shape index (κ2) is 6.04. The molecule has 0 bridgehead atoms. The highest BCUT2D eigenvalue weighted by Gasteiger charge is 2.34. The van der Waals surface area contributed by atoms with Crippen LogP contribution in [-0.2, 0) is 6.42 Å². The number of para-hydroxylation sites is 1. The van der Waals surface area contributed by atoms with Crippen LogP contribution in [0.1, 0.15) is 27.5 Å². The van der Waals surface area contributed by atoms with E-state index in [1.54, 1.807) is 0 Å². The lowest BCUT2D eigenvalue weighted by molar-refractivity contribution is -0.274. The minimum absolute atomic E-state index is 0.0842. The lowest BCUT2D eigenvalue weighted by atomic mass is 9.89. The fraction of sp³-hybridized carbons (Fsp3) is 0.235. The third kappa shape index (κ3) is 3.37. The van der Waals surface area contributed by atoms with Crippen LogP contribution in [-0.4, -0.2) is 18.7 Å². The highest BCUT2D eigenvalue weighted by atomic mass is 19.4. The minimum Gasteiger partial charge on any atom is -0.405 e. The molecule has 1 heterocycles. The van der Waals surface area contributed by atoms with Crippen molar-refractivity contribution in [2.75, 3.05) is 6.54 Å². The maximum absolute atomic E-state index is 12.8. The first-order valence-electron chi connectivity index (χ1n) is 7.16. The first kappa shape index (κ1) is 15.6. The summed E-state index contributed by atoms with van der Waals surface area (Å²) in [6.07, 6.45) is -4.06. The van der Waals surface area contributed by atoms with E-state index < -0.39 is 23.9 Å². The van der Waals surface area contributed by atoms with Crippen molar-refractivity contribution in [3.05, 3.63) is 65.2 Å². The van der Waals surface area contributed by atoms with Gasteiger partial charge in [-0.3, -0.25) is 4.79 Å². The molecular formula is C17H14F3NO2. The zero-order chi connectivity index (χ0) is 16.4. The number of alkyl halides is 3. The van der Waals surface area contributed by atoms with E-state index in [1.165, 1.54) is 18.2 Å². The van der Waals surface area contributed by atoms with Gasteiger partial charge in [0.25, 0.3) is 0 Å². The molecule has 1 atom stereocenters. The quantitative estimate of drug-likeness (QED) is 0.877. The van der Waals surface area contributed by atoms with Gasteiger partial charge in [0.1, 0.15) is 5.75 Å². The highest BCUT2D eigenvalue weighted by Crippen LogP contribution is 2.31. The topological polar surface area (TPSA) is 38.3 Å². The highest BCUT2D eigenvalue weighted by molar-refractivity contribution is 6.03. The Morgan fingerprint density at radius 1 is 1.09 bits per heavy atom. The Morgan fingerprint density at radius 2 is 1.78 bits per heavy atom. The van der Waals surface area contributed by atoms with Crippen LogP contribution >= 0.6 is 0 Å². The molecule has 120 valence electrons. The van der Waals surface area contributed by atoms with Gasteiger partial charge in [0.15, 0.2) is 5.78 Å². The Bertz CT molecular complexity index is 728. The molecule has 0 spiro atoms. The second-order valence-electron chi connectivity index (χ2n) is 5.24. The maximum Gasteiger partial charge on any atom is 0.573 e. The Morgan fingerprint density at radius 3 is 2.57 bits per heavy atom. The molecule has 1 aliphatic heterocycles. The van der Waals surface area contributed by atoms with E-state index in [0.29, 0.717) is 6.54 Å². The van der Waals surface area contributed by atoms with Crippen molar-refractivity contribution < 1.29 is 22.7 Å². The largest absolute Gasteiger partial charge is 0.573 e. The van der Waals surface area contributed by atoms with E-state index in [0.717, 1.165) is 23.6 Å². The van der Waals surface area contributed by atoms with E-state index in [-0.39, 0.29) is 5.56 Å². The summed E-state index contributed by atoms with van der Waals surface area (Å²) in [5.41, 5.74) is 1.74. The van der Waals surface area contributed by atoms with E-state index in [9.17, 15) is 18.0 Å². The molecule has 3 rings (SSSR count). The zero-order valence-corrected chi connectivity index (χ0v) is 12.1. The van der Waals surface area contributed by atoms with E-state index in [1.807, 2.05) is 24.3 Å². The molecule has 0 aromatic heterocycles. The van der Waals surface area contributed by atoms with Crippen LogP contribution in [0.4, 0.5) is 13.2 Å². The maximum atomic E-state index is 12.8. The van der Waals surface area contributed by atoms with Crippen molar-refractivity contribution in [3.8, 4) is 5.75 Å². The van der Waals surface area contributed by atoms with Gasteiger partial charge in [-0.05, 0) is 29.7 Å². The third-order valence-corrected chi connectivity index (χ3v) is 3.75. The molecule has 2 aromatic rings. The van der Waals surface area contributed by atoms with Gasteiger partial charge < -0.3 is 10.1 Å². The molecule has 1 aliphatic rings. The predicted octanol–water partition coefficient (Wildman–Crippen LogP) is 3.65. The number of ether oxygens (including phenoxy) is 1. The van der Waals surface area contributed by atoms with Crippen LogP contribution in [0, 0.1) is 0 Å². The van der Waals surface area contributed by atoms with E-state index >= 15 is 0 Å². The van der Waals surface area contributed by atoms with Crippen molar-refractivity contribution in [1.82, 2.24) is 5.32 Å². The molecule has 2 aromatic carbocycles. The van der Waals surface area contributed by atoms with Crippen molar-refractivity contribution in [2.24, 2.45) is 0 Å². The molecule has 0 fully saturated rings. The third-order valence-electron chi connectivity index (χ3n) is 3.75. The van der Waals surface area contributed by atoms with Gasteiger partial charge in [0, 0.05) is 6.54 Å². The number of hydrogen-bond donors (Lipinski definition) is 1. The number of carbonyl (C=O) groups excluding carboxylic acids is 1. The average molecular weight is 321 g/mol. The standard InChI is InChI=1S/C17H14F3NO2/c18-17(19,20)23-14-8-4-3-7-13(14)16(22)15-12-6-2-1-5-11(12)9-10-21-15/h1-8,15,21H,9-10H2. The van der Waals surface area contributed by atoms with Crippen LogP contribution in [0.3, 0.4) is 0 Å². The normalized spacial score (nSPS) is 17.4. The zero-order valence-electron chi connectivity index (χ0n) is 12.1. The number of carbonyl (C=O) groups is 1. The Kier molecular flexibility index (Phi) is 4.09. The molecule has 3 nitrogen and oxygen atoms in total. The van der Waals surface area contributed by atoms with Crippen LogP contribution in [0.2, 0.25) is 0 Å². The van der Waals surface area contributed by atoms with Crippen molar-refractivity contribution in [2.45, 2.75) is 18.8 Å². The Labute approximate surface area is 131 Å². The summed E-state index contributed by atoms with van der Waals surface area (Å²) in [6, 6.07) is 12.2. The van der Waals surface area contributed by atoms with Gasteiger partial charge in [0.05, 0.1) is 11.6 Å². The summed E-state index contributed by atoms with van der Waals surface area (Å²) < 4.78 is 41.5. The lowest BCUT2D eigenvalue weighted by Crippen LogP contribution is -2.35. The van der Waals surface area contributed by atoms with Gasteiger partial charge in [-0.2, -0.15) is 0 Å². The molecule has 0 aliphatic carbocycles. The van der Waals surface area contributed by atoms with Crippen LogP contribution < -0.4 is 10.1 Å². The number of benzene rings is 2. The van der Waals surface area contributed by atoms with Gasteiger partial charge in [0.2, 0.25) is 0 Å². The molecule has 1 unspecified atom stereocenters. The number of hydrogen-bond acceptors (Lipinski definition) is 3. The fourth-order valence-electron chi connectivity index (χ4n) is 2.78. The molecule has 6 heteroatoms. The number of Topliss-reactive ketones (excluding diaryl/α,β-unsaturated/α-hetero) is 1. The monoisotopic (exact) mass is 321 g/mol. The number of nitrogens with one attached hydrogen (secondary N) is 1. The summed E-state index contributed by atoms with van der Waals surface area (Å²) in [4.78, 5) is 12.8. The molecule has 1 N–H and O–H groups in total. The summed E-state index contributed by atoms with van der Waals surface area (Å²) >= 11 is 0. The fourth-order valence-corrected chi connectivity index (χ4v) is 2.78. The molecule has 0 radical (unpaired) electrons. The summed E-state index contributed by atoms with van der Waals surface area (Å²) in [7, 11) is 0.